The lowest BCUT2D eigenvalue weighted by atomic mass is 9.96. The zero-order valence-corrected chi connectivity index (χ0v) is 12.6. The van der Waals surface area contributed by atoms with Crippen LogP contribution in [0.1, 0.15) is 5.56 Å². The third-order valence-corrected chi connectivity index (χ3v) is 3.73. The van der Waals surface area contributed by atoms with Gasteiger partial charge in [-0.25, -0.2) is 0 Å². The van der Waals surface area contributed by atoms with Gasteiger partial charge in [0.05, 0.1) is 0 Å². The van der Waals surface area contributed by atoms with Gasteiger partial charge in [-0.2, -0.15) is 0 Å². The summed E-state index contributed by atoms with van der Waals surface area (Å²) in [5.41, 5.74) is 1.24. The van der Waals surface area contributed by atoms with Gasteiger partial charge in [-0.1, -0.05) is 36.4 Å². The smallest absolute Gasteiger partial charge is 0.166 e. The lowest BCUT2D eigenvalue weighted by Crippen LogP contribution is -2.10. The molecule has 3 rings (SSSR count). The molecule has 0 spiro atoms. The molecule has 0 aromatic heterocycles. The average Bonchev–Trinajstić information content (AvgIpc) is 2.48. The van der Waals surface area contributed by atoms with Crippen molar-refractivity contribution in [2.24, 2.45) is 0 Å². The third-order valence-electron chi connectivity index (χ3n) is 3.73. The Hall–Kier alpha value is -1.97. The number of nitrogens with one attached hydrogen (secondary N) is 1. The van der Waals surface area contributed by atoms with Gasteiger partial charge >= 0.3 is 0 Å². The van der Waals surface area contributed by atoms with Crippen molar-refractivity contribution in [1.29, 1.82) is 0 Å². The minimum absolute atomic E-state index is 0. The summed E-state index contributed by atoms with van der Waals surface area (Å²) >= 11 is 0. The van der Waals surface area contributed by atoms with Gasteiger partial charge in [0.1, 0.15) is 0 Å². The maximum absolute atomic E-state index is 10.2. The summed E-state index contributed by atoms with van der Waals surface area (Å²) in [6.07, 6.45) is 0.929. The van der Waals surface area contributed by atoms with E-state index in [1.165, 1.54) is 11.6 Å². The van der Waals surface area contributed by atoms with E-state index in [0.717, 1.165) is 29.1 Å². The second-order valence-electron chi connectivity index (χ2n) is 4.96. The molecule has 0 atom stereocenters. The number of hydrogen-bond acceptors (Lipinski definition) is 3. The van der Waals surface area contributed by atoms with Crippen LogP contribution in [-0.4, -0.2) is 23.8 Å². The van der Waals surface area contributed by atoms with Gasteiger partial charge < -0.3 is 15.5 Å². The predicted molar refractivity (Wildman–Crippen MR) is 89.7 cm³/mol. The fraction of sp³-hybridized carbons (Fsp3) is 0.176. The van der Waals surface area contributed by atoms with Gasteiger partial charge in [-0.15, -0.1) is 12.4 Å². The molecule has 3 nitrogen and oxygen atoms in total. The van der Waals surface area contributed by atoms with Gasteiger partial charge in [-0.05, 0) is 47.8 Å². The Morgan fingerprint density at radius 1 is 0.952 bits per heavy atom. The summed E-state index contributed by atoms with van der Waals surface area (Å²) in [6.45, 7) is 0.906. The molecule has 0 amide bonds. The van der Waals surface area contributed by atoms with Crippen molar-refractivity contribution < 1.29 is 10.2 Å². The van der Waals surface area contributed by atoms with E-state index in [-0.39, 0.29) is 23.9 Å². The second kappa shape index (κ2) is 6.20. The van der Waals surface area contributed by atoms with E-state index >= 15 is 0 Å². The van der Waals surface area contributed by atoms with E-state index in [4.69, 9.17) is 0 Å². The minimum Gasteiger partial charge on any atom is -0.504 e. The Morgan fingerprint density at radius 3 is 2.48 bits per heavy atom. The van der Waals surface area contributed by atoms with E-state index in [1.807, 2.05) is 31.3 Å². The number of likely N-dealkylation sites (N-methyl/N-ethyl adjacent to an activating group) is 1. The molecule has 3 N–H and O–H groups in total. The van der Waals surface area contributed by atoms with Gasteiger partial charge in [-0.3, -0.25) is 0 Å². The molecule has 110 valence electrons. The van der Waals surface area contributed by atoms with Crippen molar-refractivity contribution in [3.05, 3.63) is 48.0 Å². The number of fused-ring (bicyclic) bond motifs is 3. The molecule has 4 heteroatoms. The Balaban J connectivity index is 0.00000161. The molecule has 0 bridgehead atoms. The first-order valence-corrected chi connectivity index (χ1v) is 6.72. The average molecular weight is 304 g/mol. The Morgan fingerprint density at radius 2 is 1.71 bits per heavy atom. The number of rotatable bonds is 3. The second-order valence-corrected chi connectivity index (χ2v) is 4.96. The van der Waals surface area contributed by atoms with Gasteiger partial charge in [0, 0.05) is 5.39 Å². The topological polar surface area (TPSA) is 52.5 Å². The fourth-order valence-corrected chi connectivity index (χ4v) is 2.70. The van der Waals surface area contributed by atoms with Crippen molar-refractivity contribution >= 4 is 34.0 Å². The summed E-state index contributed by atoms with van der Waals surface area (Å²) in [5.74, 6) is -0.121. The molecule has 3 aromatic rings. The predicted octanol–water partition coefficient (Wildman–Crippen LogP) is 3.59. The summed E-state index contributed by atoms with van der Waals surface area (Å²) < 4.78 is 0. The first-order valence-electron chi connectivity index (χ1n) is 6.72. The van der Waals surface area contributed by atoms with Crippen LogP contribution in [0.3, 0.4) is 0 Å². The van der Waals surface area contributed by atoms with Crippen LogP contribution in [0, 0.1) is 0 Å². The molecule has 0 saturated carbocycles. The number of hydrogen-bond donors (Lipinski definition) is 3. The molecule has 0 heterocycles. The highest BCUT2D eigenvalue weighted by molar-refractivity contribution is 6.12. The summed E-state index contributed by atoms with van der Waals surface area (Å²) in [6, 6.07) is 13.5. The van der Waals surface area contributed by atoms with Crippen LogP contribution >= 0.6 is 12.4 Å². The fourth-order valence-electron chi connectivity index (χ4n) is 2.70. The maximum atomic E-state index is 10.2. The first-order chi connectivity index (χ1) is 9.72. The van der Waals surface area contributed by atoms with Gasteiger partial charge in [0.15, 0.2) is 11.5 Å². The number of halogens is 1. The van der Waals surface area contributed by atoms with E-state index in [1.54, 1.807) is 0 Å². The molecule has 0 unspecified atom stereocenters. The lowest BCUT2D eigenvalue weighted by molar-refractivity contribution is 0.408. The van der Waals surface area contributed by atoms with Crippen LogP contribution in [0.25, 0.3) is 21.5 Å². The monoisotopic (exact) mass is 303 g/mol. The van der Waals surface area contributed by atoms with Crippen molar-refractivity contribution in [3.8, 4) is 11.5 Å². The highest BCUT2D eigenvalue weighted by atomic mass is 35.5. The van der Waals surface area contributed by atoms with Crippen LogP contribution < -0.4 is 5.32 Å². The molecule has 0 aliphatic heterocycles. The zero-order chi connectivity index (χ0) is 14.1. The standard InChI is InChI=1S/C17H17NO2.ClH/c1-18-10-9-11-3-2-4-14-13(11)7-5-12-6-8-15(19)17(20)16(12)14;/h2-8,18-20H,9-10H2,1H3;1H. The molecule has 0 radical (unpaired) electrons. The normalized spacial score (nSPS) is 10.7. The molecule has 0 aliphatic carbocycles. The highest BCUT2D eigenvalue weighted by Gasteiger charge is 2.10. The van der Waals surface area contributed by atoms with E-state index < -0.39 is 0 Å². The first kappa shape index (κ1) is 15.4. The van der Waals surface area contributed by atoms with Crippen LogP contribution in [0.15, 0.2) is 42.5 Å². The van der Waals surface area contributed by atoms with E-state index in [2.05, 4.69) is 17.4 Å². The number of phenols is 2. The minimum atomic E-state index is -0.0781. The highest BCUT2D eigenvalue weighted by Crippen LogP contribution is 2.38. The molecule has 0 aliphatic rings. The van der Waals surface area contributed by atoms with Crippen molar-refractivity contribution in [1.82, 2.24) is 5.32 Å². The molecule has 3 aromatic carbocycles. The molecule has 0 saturated heterocycles. The van der Waals surface area contributed by atoms with Crippen LogP contribution in [0.4, 0.5) is 0 Å². The molecule has 21 heavy (non-hydrogen) atoms. The SMILES string of the molecule is CNCCc1cccc2c1ccc1ccc(O)c(O)c12.Cl. The van der Waals surface area contributed by atoms with Crippen LogP contribution in [0.5, 0.6) is 11.5 Å². The van der Waals surface area contributed by atoms with E-state index in [0.29, 0.717) is 5.39 Å². The van der Waals surface area contributed by atoms with Gasteiger partial charge in [0.2, 0.25) is 0 Å². The quantitative estimate of drug-likeness (QED) is 0.512. The maximum Gasteiger partial charge on any atom is 0.166 e. The summed E-state index contributed by atoms with van der Waals surface area (Å²) in [5, 5.41) is 26.8. The Kier molecular flexibility index (Phi) is 4.56. The Labute approximate surface area is 129 Å². The van der Waals surface area contributed by atoms with Crippen LogP contribution in [-0.2, 0) is 6.42 Å². The van der Waals surface area contributed by atoms with Crippen molar-refractivity contribution in [3.63, 3.8) is 0 Å². The molecular formula is C17H18ClNO2. The number of aromatic hydroxyl groups is 2. The summed E-state index contributed by atoms with van der Waals surface area (Å²) in [7, 11) is 1.93. The van der Waals surface area contributed by atoms with Gasteiger partial charge in [0.25, 0.3) is 0 Å². The Bertz CT molecular complexity index is 786. The van der Waals surface area contributed by atoms with Crippen molar-refractivity contribution in [2.45, 2.75) is 6.42 Å². The van der Waals surface area contributed by atoms with Crippen LogP contribution in [0.2, 0.25) is 0 Å². The van der Waals surface area contributed by atoms with Crippen molar-refractivity contribution in [2.75, 3.05) is 13.6 Å². The number of benzene rings is 3. The largest absolute Gasteiger partial charge is 0.504 e. The lowest BCUT2D eigenvalue weighted by Gasteiger charge is -2.11. The third kappa shape index (κ3) is 2.62. The van der Waals surface area contributed by atoms with E-state index in [9.17, 15) is 10.2 Å². The zero-order valence-electron chi connectivity index (χ0n) is 11.8. The summed E-state index contributed by atoms with van der Waals surface area (Å²) in [4.78, 5) is 0. The molecular weight excluding hydrogens is 286 g/mol. The molecule has 0 fully saturated rings. The number of phenolic OH excluding ortho intramolecular Hbond substituents is 2.